The third-order valence-electron chi connectivity index (χ3n) is 2.89. The molecule has 0 bridgehead atoms. The maximum atomic E-state index is 11.6. The van der Waals surface area contributed by atoms with Gasteiger partial charge in [0, 0.05) is 26.2 Å². The molecule has 1 amide bonds. The number of rotatable bonds is 3. The van der Waals surface area contributed by atoms with Crippen LogP contribution in [0.3, 0.4) is 0 Å². The number of piperazine rings is 1. The van der Waals surface area contributed by atoms with E-state index in [0.717, 1.165) is 0 Å². The number of nitrogens with zero attached hydrogens (tertiary/aromatic N) is 5. The summed E-state index contributed by atoms with van der Waals surface area (Å²) >= 11 is 0. The van der Waals surface area contributed by atoms with E-state index in [2.05, 4.69) is 14.8 Å². The number of anilines is 1. The average molecular weight is 262 g/mol. The minimum absolute atomic E-state index is 0.104. The van der Waals surface area contributed by atoms with Crippen molar-refractivity contribution in [2.75, 3.05) is 37.7 Å². The van der Waals surface area contributed by atoms with E-state index in [9.17, 15) is 4.79 Å². The highest BCUT2D eigenvalue weighted by Crippen LogP contribution is 2.10. The van der Waals surface area contributed by atoms with Crippen molar-refractivity contribution >= 4 is 11.9 Å². The first-order valence-electron chi connectivity index (χ1n) is 5.81. The lowest BCUT2D eigenvalue weighted by molar-refractivity contribution is -0.136. The van der Waals surface area contributed by atoms with Gasteiger partial charge in [0.15, 0.2) is 0 Å². The quantitative estimate of drug-likeness (QED) is 0.688. The fraction of sp³-hybridized carbons (Fsp3) is 0.455. The Morgan fingerprint density at radius 2 is 2.00 bits per heavy atom. The molecule has 1 aliphatic heterocycles. The molecule has 0 radical (unpaired) electrons. The third kappa shape index (κ3) is 3.15. The van der Waals surface area contributed by atoms with Crippen molar-refractivity contribution in [1.82, 2.24) is 14.9 Å². The number of amides is 1. The van der Waals surface area contributed by atoms with Crippen molar-refractivity contribution < 1.29 is 9.63 Å². The zero-order valence-corrected chi connectivity index (χ0v) is 10.3. The Bertz CT molecular complexity index is 475. The molecule has 100 valence electrons. The maximum absolute atomic E-state index is 11.6. The molecule has 0 spiro atoms. The van der Waals surface area contributed by atoms with Crippen molar-refractivity contribution in [2.24, 2.45) is 5.90 Å². The van der Waals surface area contributed by atoms with Gasteiger partial charge in [-0.3, -0.25) is 9.63 Å². The van der Waals surface area contributed by atoms with Crippen LogP contribution in [0.2, 0.25) is 0 Å². The van der Waals surface area contributed by atoms with Crippen molar-refractivity contribution in [3.8, 4) is 6.07 Å². The van der Waals surface area contributed by atoms with Crippen molar-refractivity contribution in [3.63, 3.8) is 0 Å². The molecule has 0 unspecified atom stereocenters. The summed E-state index contributed by atoms with van der Waals surface area (Å²) in [5.74, 6) is 5.33. The molecular formula is C11H14N6O2. The number of nitriles is 1. The van der Waals surface area contributed by atoms with Gasteiger partial charge in [0.2, 0.25) is 5.95 Å². The summed E-state index contributed by atoms with van der Waals surface area (Å²) in [4.78, 5) is 27.8. The van der Waals surface area contributed by atoms with Crippen LogP contribution in [-0.2, 0) is 9.63 Å². The number of hydrogen-bond acceptors (Lipinski definition) is 7. The van der Waals surface area contributed by atoms with Gasteiger partial charge in [-0.15, -0.1) is 0 Å². The minimum atomic E-state index is -0.122. The molecule has 8 heteroatoms. The second kappa shape index (κ2) is 6.08. The largest absolute Gasteiger partial charge is 0.337 e. The Morgan fingerprint density at radius 1 is 1.37 bits per heavy atom. The fourth-order valence-corrected chi connectivity index (χ4v) is 1.86. The summed E-state index contributed by atoms with van der Waals surface area (Å²) in [7, 11) is 0. The molecule has 19 heavy (non-hydrogen) atoms. The van der Waals surface area contributed by atoms with Crippen LogP contribution in [0, 0.1) is 11.3 Å². The number of carbonyl (C=O) groups excluding carboxylic acids is 1. The molecule has 1 fully saturated rings. The van der Waals surface area contributed by atoms with E-state index >= 15 is 0 Å². The molecule has 0 saturated carbocycles. The van der Waals surface area contributed by atoms with Crippen LogP contribution in [0.5, 0.6) is 0 Å². The second-order valence-electron chi connectivity index (χ2n) is 4.06. The number of hydrogen-bond donors (Lipinski definition) is 1. The Hall–Kier alpha value is -2.24. The summed E-state index contributed by atoms with van der Waals surface area (Å²) in [6, 6.07) is 1.97. The van der Waals surface area contributed by atoms with Crippen LogP contribution in [0.1, 0.15) is 5.56 Å². The number of nitrogens with two attached hydrogens (primary N) is 1. The SMILES string of the molecule is N#Cc1cnc(N2CCN(C(=O)CON)CC2)nc1. The van der Waals surface area contributed by atoms with Gasteiger partial charge < -0.3 is 9.80 Å². The predicted octanol–water partition coefficient (Wildman–Crippen LogP) is -1.11. The highest BCUT2D eigenvalue weighted by Gasteiger charge is 2.22. The average Bonchev–Trinajstić information content (AvgIpc) is 2.48. The lowest BCUT2D eigenvalue weighted by Gasteiger charge is -2.34. The van der Waals surface area contributed by atoms with E-state index in [4.69, 9.17) is 11.2 Å². The second-order valence-corrected chi connectivity index (χ2v) is 4.06. The molecule has 1 aromatic rings. The molecular weight excluding hydrogens is 248 g/mol. The van der Waals surface area contributed by atoms with Crippen LogP contribution in [-0.4, -0.2) is 53.6 Å². The van der Waals surface area contributed by atoms with Gasteiger partial charge in [0.05, 0.1) is 18.0 Å². The first kappa shape index (κ1) is 13.2. The van der Waals surface area contributed by atoms with Gasteiger partial charge in [0.25, 0.3) is 5.91 Å². The molecule has 1 saturated heterocycles. The number of carbonyl (C=O) groups is 1. The van der Waals surface area contributed by atoms with Crippen molar-refractivity contribution in [3.05, 3.63) is 18.0 Å². The molecule has 0 aliphatic carbocycles. The van der Waals surface area contributed by atoms with Crippen molar-refractivity contribution in [1.29, 1.82) is 5.26 Å². The lowest BCUT2D eigenvalue weighted by Crippen LogP contribution is -2.50. The number of aromatic nitrogens is 2. The summed E-state index contributed by atoms with van der Waals surface area (Å²) in [6.45, 7) is 2.33. The monoisotopic (exact) mass is 262 g/mol. The molecule has 0 aromatic carbocycles. The first-order chi connectivity index (χ1) is 9.24. The smallest absolute Gasteiger partial charge is 0.250 e. The molecule has 2 heterocycles. The summed E-state index contributed by atoms with van der Waals surface area (Å²) in [6.07, 6.45) is 2.98. The van der Waals surface area contributed by atoms with E-state index < -0.39 is 0 Å². The van der Waals surface area contributed by atoms with Crippen LogP contribution in [0.4, 0.5) is 5.95 Å². The van der Waals surface area contributed by atoms with Gasteiger partial charge >= 0.3 is 0 Å². The third-order valence-corrected chi connectivity index (χ3v) is 2.89. The van der Waals surface area contributed by atoms with Crippen LogP contribution >= 0.6 is 0 Å². The van der Waals surface area contributed by atoms with Crippen LogP contribution in [0.15, 0.2) is 12.4 Å². The Balaban J connectivity index is 1.92. The maximum Gasteiger partial charge on any atom is 0.250 e. The molecule has 0 atom stereocenters. The van der Waals surface area contributed by atoms with E-state index in [1.807, 2.05) is 11.0 Å². The Morgan fingerprint density at radius 3 is 2.53 bits per heavy atom. The zero-order valence-electron chi connectivity index (χ0n) is 10.3. The van der Waals surface area contributed by atoms with Crippen LogP contribution in [0.25, 0.3) is 0 Å². The minimum Gasteiger partial charge on any atom is -0.337 e. The molecule has 1 aliphatic rings. The van der Waals surface area contributed by atoms with Gasteiger partial charge in [-0.2, -0.15) is 5.26 Å². The van der Waals surface area contributed by atoms with Gasteiger partial charge in [-0.25, -0.2) is 15.9 Å². The Labute approximate surface area is 110 Å². The van der Waals surface area contributed by atoms with Gasteiger partial charge in [-0.05, 0) is 0 Å². The highest BCUT2D eigenvalue weighted by atomic mass is 16.6. The van der Waals surface area contributed by atoms with Crippen LogP contribution < -0.4 is 10.8 Å². The van der Waals surface area contributed by atoms with Crippen molar-refractivity contribution in [2.45, 2.75) is 0 Å². The van der Waals surface area contributed by atoms with E-state index in [0.29, 0.717) is 37.7 Å². The van der Waals surface area contributed by atoms with E-state index in [1.165, 1.54) is 12.4 Å². The molecule has 2 rings (SSSR count). The van der Waals surface area contributed by atoms with E-state index in [1.54, 1.807) is 4.90 Å². The standard InChI is InChI=1S/C11H14N6O2/c12-5-9-6-14-11(15-7-9)17-3-1-16(2-4-17)10(18)8-19-13/h6-7H,1-4,8,13H2. The fourth-order valence-electron chi connectivity index (χ4n) is 1.86. The zero-order chi connectivity index (χ0) is 13.7. The highest BCUT2D eigenvalue weighted by molar-refractivity contribution is 5.77. The van der Waals surface area contributed by atoms with Gasteiger partial charge in [-0.1, -0.05) is 0 Å². The molecule has 8 nitrogen and oxygen atoms in total. The normalized spacial score (nSPS) is 15.2. The Kier molecular flexibility index (Phi) is 4.22. The topological polar surface area (TPSA) is 108 Å². The molecule has 2 N–H and O–H groups in total. The summed E-state index contributed by atoms with van der Waals surface area (Å²) in [5.41, 5.74) is 0.428. The van der Waals surface area contributed by atoms with E-state index in [-0.39, 0.29) is 12.5 Å². The van der Waals surface area contributed by atoms with Gasteiger partial charge in [0.1, 0.15) is 12.7 Å². The molecule has 1 aromatic heterocycles. The predicted molar refractivity (Wildman–Crippen MR) is 65.7 cm³/mol. The summed E-state index contributed by atoms with van der Waals surface area (Å²) < 4.78 is 0. The first-order valence-corrected chi connectivity index (χ1v) is 5.81. The summed E-state index contributed by atoms with van der Waals surface area (Å²) in [5, 5.41) is 8.68. The lowest BCUT2D eigenvalue weighted by atomic mass is 10.3.